The zero-order valence-corrected chi connectivity index (χ0v) is 13.5. The van der Waals surface area contributed by atoms with Gasteiger partial charge in [-0.2, -0.15) is 0 Å². The lowest BCUT2D eigenvalue weighted by Gasteiger charge is -2.08. The number of carbonyl (C=O) groups excluding carboxylic acids is 1. The summed E-state index contributed by atoms with van der Waals surface area (Å²) in [7, 11) is -3.78. The molecular weight excluding hydrogens is 326 g/mol. The Labute approximate surface area is 139 Å². The Morgan fingerprint density at radius 2 is 1.58 bits per heavy atom. The van der Waals surface area contributed by atoms with E-state index in [2.05, 4.69) is 0 Å². The van der Waals surface area contributed by atoms with Gasteiger partial charge in [-0.15, -0.1) is 0 Å². The average Bonchev–Trinajstić information content (AvgIpc) is 2.59. The molecule has 6 heteroatoms. The molecule has 0 atom stereocenters. The molecule has 0 amide bonds. The maximum atomic E-state index is 12.1. The summed E-state index contributed by atoms with van der Waals surface area (Å²) in [6, 6.07) is 19.0. The molecule has 24 heavy (non-hydrogen) atoms. The van der Waals surface area contributed by atoms with Gasteiger partial charge in [-0.05, 0) is 40.6 Å². The van der Waals surface area contributed by atoms with E-state index in [4.69, 9.17) is 9.88 Å². The number of esters is 1. The number of fused-ring (bicyclic) bond motifs is 1. The lowest BCUT2D eigenvalue weighted by atomic mass is 10.1. The highest BCUT2D eigenvalue weighted by Crippen LogP contribution is 2.19. The van der Waals surface area contributed by atoms with Crippen LogP contribution in [0.5, 0.6) is 0 Å². The summed E-state index contributed by atoms with van der Waals surface area (Å²) in [4.78, 5) is 12.1. The van der Waals surface area contributed by atoms with Crippen LogP contribution in [0.15, 0.2) is 71.6 Å². The number of hydrogen-bond donors (Lipinski definition) is 1. The van der Waals surface area contributed by atoms with Gasteiger partial charge in [-0.25, -0.2) is 18.4 Å². The average molecular weight is 341 g/mol. The molecule has 0 aliphatic rings. The van der Waals surface area contributed by atoms with E-state index in [1.165, 1.54) is 24.3 Å². The Hall–Kier alpha value is -2.70. The number of sulfonamides is 1. The van der Waals surface area contributed by atoms with Crippen LogP contribution in [-0.4, -0.2) is 14.4 Å². The largest absolute Gasteiger partial charge is 0.457 e. The molecule has 122 valence electrons. The Morgan fingerprint density at radius 1 is 0.917 bits per heavy atom. The molecule has 0 fully saturated rings. The van der Waals surface area contributed by atoms with E-state index < -0.39 is 16.0 Å². The van der Waals surface area contributed by atoms with Crippen molar-refractivity contribution in [3.05, 3.63) is 77.9 Å². The molecule has 0 spiro atoms. The Balaban J connectivity index is 1.75. The van der Waals surface area contributed by atoms with Crippen LogP contribution in [-0.2, 0) is 21.4 Å². The van der Waals surface area contributed by atoms with E-state index in [0.29, 0.717) is 0 Å². The zero-order chi connectivity index (χ0) is 17.2. The first kappa shape index (κ1) is 16.2. The third kappa shape index (κ3) is 3.45. The zero-order valence-electron chi connectivity index (χ0n) is 12.7. The maximum Gasteiger partial charge on any atom is 0.338 e. The van der Waals surface area contributed by atoms with Gasteiger partial charge >= 0.3 is 5.97 Å². The van der Waals surface area contributed by atoms with Gasteiger partial charge in [0.15, 0.2) is 0 Å². The molecule has 0 heterocycles. The van der Waals surface area contributed by atoms with E-state index >= 15 is 0 Å². The number of nitrogens with two attached hydrogens (primary N) is 1. The molecule has 0 radical (unpaired) electrons. The van der Waals surface area contributed by atoms with Gasteiger partial charge < -0.3 is 4.74 Å². The van der Waals surface area contributed by atoms with Crippen molar-refractivity contribution in [3.8, 4) is 0 Å². The molecule has 0 aromatic heterocycles. The van der Waals surface area contributed by atoms with Crippen LogP contribution in [0.3, 0.4) is 0 Å². The van der Waals surface area contributed by atoms with Gasteiger partial charge in [0.2, 0.25) is 10.0 Å². The lowest BCUT2D eigenvalue weighted by molar-refractivity contribution is 0.0474. The summed E-state index contributed by atoms with van der Waals surface area (Å²) in [6.45, 7) is 0.136. The Bertz CT molecular complexity index is 990. The van der Waals surface area contributed by atoms with Crippen molar-refractivity contribution in [2.24, 2.45) is 5.14 Å². The minimum atomic E-state index is -3.78. The normalized spacial score (nSPS) is 11.4. The van der Waals surface area contributed by atoms with Gasteiger partial charge in [0.25, 0.3) is 0 Å². The second kappa shape index (κ2) is 6.43. The molecule has 3 rings (SSSR count). The SMILES string of the molecule is NS(=O)(=O)c1ccc(C(=O)OCc2cccc3ccccc23)cc1. The highest BCUT2D eigenvalue weighted by molar-refractivity contribution is 7.89. The molecule has 3 aromatic rings. The maximum absolute atomic E-state index is 12.1. The molecule has 0 unspecified atom stereocenters. The van der Waals surface area contributed by atoms with Gasteiger partial charge in [0, 0.05) is 0 Å². The molecule has 0 aliphatic heterocycles. The van der Waals surface area contributed by atoms with Crippen LogP contribution in [0, 0.1) is 0 Å². The van der Waals surface area contributed by atoms with Crippen LogP contribution < -0.4 is 5.14 Å². The van der Waals surface area contributed by atoms with E-state index in [9.17, 15) is 13.2 Å². The summed E-state index contributed by atoms with van der Waals surface area (Å²) < 4.78 is 27.7. The summed E-state index contributed by atoms with van der Waals surface area (Å²) in [6.07, 6.45) is 0. The molecule has 2 N–H and O–H groups in total. The fraction of sp³-hybridized carbons (Fsp3) is 0.0556. The number of ether oxygens (including phenoxy) is 1. The molecule has 0 bridgehead atoms. The quantitative estimate of drug-likeness (QED) is 0.739. The Morgan fingerprint density at radius 3 is 2.29 bits per heavy atom. The number of benzene rings is 3. The molecule has 0 saturated carbocycles. The van der Waals surface area contributed by atoms with Crippen LogP contribution >= 0.6 is 0 Å². The first-order valence-electron chi connectivity index (χ1n) is 7.22. The van der Waals surface area contributed by atoms with Crippen molar-refractivity contribution in [2.45, 2.75) is 11.5 Å². The van der Waals surface area contributed by atoms with E-state index in [1.54, 1.807) is 0 Å². The number of hydrogen-bond acceptors (Lipinski definition) is 4. The summed E-state index contributed by atoms with van der Waals surface area (Å²) in [5.74, 6) is -0.524. The van der Waals surface area contributed by atoms with Crippen molar-refractivity contribution in [3.63, 3.8) is 0 Å². The van der Waals surface area contributed by atoms with Crippen molar-refractivity contribution in [2.75, 3.05) is 0 Å². The second-order valence-electron chi connectivity index (χ2n) is 5.28. The smallest absolute Gasteiger partial charge is 0.338 e. The van der Waals surface area contributed by atoms with Crippen LogP contribution in [0.4, 0.5) is 0 Å². The predicted molar refractivity (Wildman–Crippen MR) is 90.9 cm³/mol. The van der Waals surface area contributed by atoms with E-state index in [1.807, 2.05) is 42.5 Å². The van der Waals surface area contributed by atoms with E-state index in [-0.39, 0.29) is 17.1 Å². The van der Waals surface area contributed by atoms with E-state index in [0.717, 1.165) is 16.3 Å². The number of carbonyl (C=O) groups is 1. The van der Waals surface area contributed by atoms with Crippen molar-refractivity contribution in [1.29, 1.82) is 0 Å². The van der Waals surface area contributed by atoms with Crippen LogP contribution in [0.25, 0.3) is 10.8 Å². The second-order valence-corrected chi connectivity index (χ2v) is 6.85. The summed E-state index contributed by atoms with van der Waals surface area (Å²) >= 11 is 0. The standard InChI is InChI=1S/C18H15NO4S/c19-24(21,22)16-10-8-14(9-11-16)18(20)23-12-15-6-3-5-13-4-1-2-7-17(13)15/h1-11H,12H2,(H2,19,21,22). The Kier molecular flexibility index (Phi) is 4.33. The fourth-order valence-electron chi connectivity index (χ4n) is 2.43. The minimum Gasteiger partial charge on any atom is -0.457 e. The molecular formula is C18H15NO4S. The van der Waals surface area contributed by atoms with Gasteiger partial charge in [-0.1, -0.05) is 42.5 Å². The molecule has 3 aromatic carbocycles. The van der Waals surface area contributed by atoms with Crippen LogP contribution in [0.1, 0.15) is 15.9 Å². The predicted octanol–water partition coefficient (Wildman–Crippen LogP) is 2.84. The van der Waals surface area contributed by atoms with Gasteiger partial charge in [-0.3, -0.25) is 0 Å². The topological polar surface area (TPSA) is 86.5 Å². The van der Waals surface area contributed by atoms with Gasteiger partial charge in [0.1, 0.15) is 6.61 Å². The minimum absolute atomic E-state index is 0.0481. The molecule has 0 aliphatic carbocycles. The van der Waals surface area contributed by atoms with Crippen molar-refractivity contribution in [1.82, 2.24) is 0 Å². The van der Waals surface area contributed by atoms with Gasteiger partial charge in [0.05, 0.1) is 10.5 Å². The number of rotatable bonds is 4. The third-order valence-corrected chi connectivity index (χ3v) is 4.59. The molecule has 0 saturated heterocycles. The van der Waals surface area contributed by atoms with Crippen molar-refractivity contribution < 1.29 is 17.9 Å². The first-order chi connectivity index (χ1) is 11.4. The number of primary sulfonamides is 1. The summed E-state index contributed by atoms with van der Waals surface area (Å²) in [5, 5.41) is 7.12. The first-order valence-corrected chi connectivity index (χ1v) is 8.76. The monoisotopic (exact) mass is 341 g/mol. The highest BCUT2D eigenvalue weighted by atomic mass is 32.2. The van der Waals surface area contributed by atoms with Crippen molar-refractivity contribution >= 4 is 26.8 Å². The highest BCUT2D eigenvalue weighted by Gasteiger charge is 2.12. The fourth-order valence-corrected chi connectivity index (χ4v) is 2.94. The van der Waals surface area contributed by atoms with Crippen LogP contribution in [0.2, 0.25) is 0 Å². The molecule has 5 nitrogen and oxygen atoms in total. The lowest BCUT2D eigenvalue weighted by Crippen LogP contribution is -2.12. The third-order valence-electron chi connectivity index (χ3n) is 3.66. The summed E-state index contributed by atoms with van der Waals surface area (Å²) in [5.41, 5.74) is 1.17.